The van der Waals surface area contributed by atoms with Crippen LogP contribution < -0.4 is 5.14 Å². The summed E-state index contributed by atoms with van der Waals surface area (Å²) in [5, 5.41) is 13.1. The van der Waals surface area contributed by atoms with Gasteiger partial charge in [0, 0.05) is 18.2 Å². The van der Waals surface area contributed by atoms with Gasteiger partial charge in [-0.1, -0.05) is 35.2 Å². The minimum absolute atomic E-state index is 0.0625. The highest BCUT2D eigenvalue weighted by Gasteiger charge is 2.30. The smallest absolute Gasteiger partial charge is 0.332 e. The van der Waals surface area contributed by atoms with E-state index in [-0.39, 0.29) is 16.6 Å². The van der Waals surface area contributed by atoms with E-state index in [1.807, 2.05) is 0 Å². The van der Waals surface area contributed by atoms with E-state index in [0.29, 0.717) is 22.4 Å². The zero-order chi connectivity index (χ0) is 23.8. The lowest BCUT2D eigenvalue weighted by atomic mass is 10.1. The van der Waals surface area contributed by atoms with E-state index < -0.39 is 21.8 Å². The van der Waals surface area contributed by atoms with Crippen molar-refractivity contribution in [3.05, 3.63) is 71.4 Å². The third-order valence-electron chi connectivity index (χ3n) is 4.54. The van der Waals surface area contributed by atoms with Crippen molar-refractivity contribution < 1.29 is 26.1 Å². The maximum Gasteiger partial charge on any atom is 0.416 e. The fraction of sp³-hybridized carbons (Fsp3) is 0.0952. The number of hydrogen-bond acceptors (Lipinski definition) is 6. The average molecular weight is 473 g/mol. The van der Waals surface area contributed by atoms with Gasteiger partial charge < -0.3 is 4.52 Å². The molecule has 4 aromatic rings. The third-order valence-corrected chi connectivity index (χ3v) is 5.45. The number of nitrogens with two attached hydrogens (primary N) is 1. The molecule has 4 rings (SSSR count). The summed E-state index contributed by atoms with van der Waals surface area (Å²) in [7, 11) is -2.24. The fourth-order valence-electron chi connectivity index (χ4n) is 2.92. The van der Waals surface area contributed by atoms with E-state index in [1.54, 1.807) is 13.1 Å². The van der Waals surface area contributed by atoms with Gasteiger partial charge in [0.15, 0.2) is 0 Å². The molecule has 33 heavy (non-hydrogen) atoms. The number of rotatable bonds is 3. The largest absolute Gasteiger partial charge is 0.416 e. The second-order valence-corrected chi connectivity index (χ2v) is 8.41. The first kappa shape index (κ1) is 22.3. The van der Waals surface area contributed by atoms with Gasteiger partial charge in [-0.3, -0.25) is 4.68 Å². The molecule has 0 unspecified atom stereocenters. The maximum absolute atomic E-state index is 12.8. The molecule has 2 aromatic carbocycles. The van der Waals surface area contributed by atoms with Crippen LogP contribution in [-0.2, 0) is 23.2 Å². The summed E-state index contributed by atoms with van der Waals surface area (Å²) < 4.78 is 68.1. The Morgan fingerprint density at radius 1 is 1.09 bits per heavy atom. The van der Waals surface area contributed by atoms with E-state index in [9.17, 15) is 21.6 Å². The lowest BCUT2D eigenvalue weighted by molar-refractivity contribution is -0.137. The van der Waals surface area contributed by atoms with Crippen LogP contribution in [0.25, 0.3) is 23.0 Å². The second-order valence-electron chi connectivity index (χ2n) is 6.85. The predicted molar refractivity (Wildman–Crippen MR) is 111 cm³/mol. The van der Waals surface area contributed by atoms with E-state index in [4.69, 9.17) is 9.66 Å². The van der Waals surface area contributed by atoms with Gasteiger partial charge in [-0.15, -0.1) is 0 Å². The van der Waals surface area contributed by atoms with Gasteiger partial charge in [0.2, 0.25) is 15.8 Å². The fourth-order valence-corrected chi connectivity index (χ4v) is 3.48. The molecule has 0 aliphatic carbocycles. The van der Waals surface area contributed by atoms with Crippen molar-refractivity contribution in [3.63, 3.8) is 0 Å². The zero-order valence-electron chi connectivity index (χ0n) is 16.8. The van der Waals surface area contributed by atoms with Crippen LogP contribution in [0.15, 0.2) is 64.1 Å². The molecular weight excluding hydrogens is 459 g/mol. The first-order valence-electron chi connectivity index (χ1n) is 9.21. The monoisotopic (exact) mass is 473 g/mol. The number of nitrogens with zero attached hydrogens (tertiary/aromatic N) is 4. The highest BCUT2D eigenvalue weighted by Crippen LogP contribution is 2.31. The molecule has 0 spiro atoms. The second kappa shape index (κ2) is 8.19. The molecule has 0 radical (unpaired) electrons. The van der Waals surface area contributed by atoms with Crippen LogP contribution in [0, 0.1) is 11.8 Å². The zero-order valence-corrected chi connectivity index (χ0v) is 17.6. The van der Waals surface area contributed by atoms with Gasteiger partial charge in [0.05, 0.1) is 22.2 Å². The third kappa shape index (κ3) is 4.79. The lowest BCUT2D eigenvalue weighted by Crippen LogP contribution is -2.11. The molecule has 2 heterocycles. The Labute approximate surface area is 185 Å². The van der Waals surface area contributed by atoms with Gasteiger partial charge in [-0.2, -0.15) is 23.3 Å². The molecule has 0 bridgehead atoms. The summed E-state index contributed by atoms with van der Waals surface area (Å²) in [4.78, 5) is 4.18. The van der Waals surface area contributed by atoms with E-state index in [1.165, 1.54) is 41.2 Å². The van der Waals surface area contributed by atoms with Gasteiger partial charge in [0.25, 0.3) is 5.89 Å². The summed E-state index contributed by atoms with van der Waals surface area (Å²) in [5.41, 5.74) is 0.766. The minimum atomic E-state index is -4.45. The molecule has 168 valence electrons. The van der Waals surface area contributed by atoms with Crippen LogP contribution >= 0.6 is 0 Å². The number of aryl methyl sites for hydroxylation is 1. The highest BCUT2D eigenvalue weighted by atomic mass is 32.2. The van der Waals surface area contributed by atoms with Crippen LogP contribution in [0.4, 0.5) is 13.2 Å². The summed E-state index contributed by atoms with van der Waals surface area (Å²) in [6.45, 7) is 0. The average Bonchev–Trinajstić information content (AvgIpc) is 3.38. The Balaban J connectivity index is 1.66. The van der Waals surface area contributed by atoms with Crippen LogP contribution in [0.5, 0.6) is 0 Å². The lowest BCUT2D eigenvalue weighted by Gasteiger charge is -2.05. The molecule has 0 fully saturated rings. The molecule has 0 saturated carbocycles. The van der Waals surface area contributed by atoms with Crippen molar-refractivity contribution in [1.29, 1.82) is 0 Å². The highest BCUT2D eigenvalue weighted by molar-refractivity contribution is 7.89. The topological polar surface area (TPSA) is 117 Å². The number of primary sulfonamides is 1. The number of aromatic nitrogens is 4. The molecule has 2 N–H and O–H groups in total. The van der Waals surface area contributed by atoms with Crippen molar-refractivity contribution in [3.8, 4) is 34.8 Å². The molecule has 0 atom stereocenters. The number of hydrogen-bond donors (Lipinski definition) is 1. The summed E-state index contributed by atoms with van der Waals surface area (Å²) >= 11 is 0. The standard InChI is InChI=1S/C21H14F3N5O3S/c1-29-18(15(12-26-29)6-5-13-3-2-4-17(11-13)33(25,30)31)20-27-19(28-32-20)14-7-9-16(10-8-14)21(22,23)24/h2-4,7-12H,1H3,(H2,25,30,31). The van der Waals surface area contributed by atoms with Crippen molar-refractivity contribution >= 4 is 10.0 Å². The van der Waals surface area contributed by atoms with Gasteiger partial charge in [-0.25, -0.2) is 13.6 Å². The van der Waals surface area contributed by atoms with E-state index >= 15 is 0 Å². The number of sulfonamides is 1. The number of halogens is 3. The van der Waals surface area contributed by atoms with Crippen molar-refractivity contribution in [2.24, 2.45) is 12.2 Å². The first-order valence-corrected chi connectivity index (χ1v) is 10.8. The molecule has 0 saturated heterocycles. The van der Waals surface area contributed by atoms with Crippen LogP contribution in [-0.4, -0.2) is 28.3 Å². The molecule has 0 aliphatic rings. The first-order chi connectivity index (χ1) is 15.5. The SMILES string of the molecule is Cn1ncc(C#Cc2cccc(S(N)(=O)=O)c2)c1-c1nc(-c2ccc(C(F)(F)F)cc2)no1. The Morgan fingerprint density at radius 2 is 1.82 bits per heavy atom. The van der Waals surface area contributed by atoms with Crippen LogP contribution in [0.2, 0.25) is 0 Å². The number of benzene rings is 2. The summed E-state index contributed by atoms with van der Waals surface area (Å²) in [5.74, 6) is 5.87. The van der Waals surface area contributed by atoms with Gasteiger partial charge in [-0.05, 0) is 30.3 Å². The molecule has 2 aromatic heterocycles. The van der Waals surface area contributed by atoms with Crippen molar-refractivity contribution in [2.75, 3.05) is 0 Å². The molecule has 0 aliphatic heterocycles. The van der Waals surface area contributed by atoms with Crippen LogP contribution in [0.1, 0.15) is 16.7 Å². The van der Waals surface area contributed by atoms with Gasteiger partial charge in [0.1, 0.15) is 5.69 Å². The maximum atomic E-state index is 12.8. The van der Waals surface area contributed by atoms with Crippen LogP contribution in [0.3, 0.4) is 0 Å². The molecule has 8 nitrogen and oxygen atoms in total. The molecule has 12 heteroatoms. The summed E-state index contributed by atoms with van der Waals surface area (Å²) in [6, 6.07) is 10.2. The van der Waals surface area contributed by atoms with Gasteiger partial charge >= 0.3 is 6.18 Å². The van der Waals surface area contributed by atoms with E-state index in [2.05, 4.69) is 27.1 Å². The normalized spacial score (nSPS) is 11.8. The van der Waals surface area contributed by atoms with Crippen molar-refractivity contribution in [1.82, 2.24) is 19.9 Å². The Bertz CT molecular complexity index is 1490. The minimum Gasteiger partial charge on any atom is -0.332 e. The predicted octanol–water partition coefficient (Wildman–Crippen LogP) is 3.20. The number of alkyl halides is 3. The molecular formula is C21H14F3N5O3S. The summed E-state index contributed by atoms with van der Waals surface area (Å²) in [6.07, 6.45) is -2.98. The molecule has 0 amide bonds. The quantitative estimate of drug-likeness (QED) is 0.457. The van der Waals surface area contributed by atoms with E-state index in [0.717, 1.165) is 12.1 Å². The Morgan fingerprint density at radius 3 is 2.48 bits per heavy atom. The van der Waals surface area contributed by atoms with Crippen molar-refractivity contribution in [2.45, 2.75) is 11.1 Å². The Hall–Kier alpha value is -3.95. The Kier molecular flexibility index (Phi) is 5.52.